The molecule has 112 valence electrons. The summed E-state index contributed by atoms with van der Waals surface area (Å²) in [6, 6.07) is 12.4. The third-order valence-electron chi connectivity index (χ3n) is 3.57. The van der Waals surface area contributed by atoms with Crippen LogP contribution in [0, 0.1) is 0 Å². The predicted molar refractivity (Wildman–Crippen MR) is 93.0 cm³/mol. The Balaban J connectivity index is 2.00. The van der Waals surface area contributed by atoms with Gasteiger partial charge in [-0.25, -0.2) is 0 Å². The van der Waals surface area contributed by atoms with Crippen LogP contribution < -0.4 is 5.32 Å². The molecule has 2 rings (SSSR count). The second-order valence-electron chi connectivity index (χ2n) is 5.93. The molecular formula is C17H20BrNOS. The van der Waals surface area contributed by atoms with Crippen molar-refractivity contribution >= 4 is 33.2 Å². The molecule has 0 fully saturated rings. The molecule has 0 aliphatic rings. The highest BCUT2D eigenvalue weighted by Crippen LogP contribution is 2.28. The highest BCUT2D eigenvalue weighted by atomic mass is 79.9. The van der Waals surface area contributed by atoms with Crippen LogP contribution in [0.5, 0.6) is 0 Å². The number of halogens is 1. The van der Waals surface area contributed by atoms with Gasteiger partial charge in [0.05, 0.1) is 0 Å². The fourth-order valence-electron chi connectivity index (χ4n) is 2.57. The number of rotatable bonds is 5. The number of hydrogen-bond donors (Lipinski definition) is 1. The predicted octanol–water partition coefficient (Wildman–Crippen LogP) is 5.00. The maximum Gasteiger partial charge on any atom is 0.262 e. The van der Waals surface area contributed by atoms with Gasteiger partial charge in [-0.2, -0.15) is 0 Å². The van der Waals surface area contributed by atoms with Crippen molar-refractivity contribution in [2.75, 3.05) is 0 Å². The Morgan fingerprint density at radius 2 is 1.95 bits per heavy atom. The van der Waals surface area contributed by atoms with Crippen molar-refractivity contribution in [3.8, 4) is 0 Å². The lowest BCUT2D eigenvalue weighted by molar-refractivity contribution is 0.0938. The Kier molecular flexibility index (Phi) is 5.22. The summed E-state index contributed by atoms with van der Waals surface area (Å²) in [5, 5.41) is 5.00. The van der Waals surface area contributed by atoms with Gasteiger partial charge in [-0.05, 0) is 51.7 Å². The molecule has 0 bridgehead atoms. The van der Waals surface area contributed by atoms with Crippen molar-refractivity contribution in [2.24, 2.45) is 0 Å². The van der Waals surface area contributed by atoms with Crippen molar-refractivity contribution < 1.29 is 4.79 Å². The average molecular weight is 366 g/mol. The molecule has 4 heteroatoms. The van der Waals surface area contributed by atoms with Crippen LogP contribution in [0.15, 0.2) is 46.3 Å². The third-order valence-corrected chi connectivity index (χ3v) is 5.41. The highest BCUT2D eigenvalue weighted by molar-refractivity contribution is 9.10. The minimum atomic E-state index is -0.00626. The fourth-order valence-corrected chi connectivity index (χ4v) is 4.02. The first-order chi connectivity index (χ1) is 9.90. The quantitative estimate of drug-likeness (QED) is 0.793. The number of amides is 1. The second kappa shape index (κ2) is 6.75. The molecule has 1 aromatic heterocycles. The van der Waals surface area contributed by atoms with Crippen molar-refractivity contribution in [3.05, 3.63) is 56.7 Å². The molecule has 1 N–H and O–H groups in total. The Morgan fingerprint density at radius 3 is 2.52 bits per heavy atom. The third kappa shape index (κ3) is 4.17. The van der Waals surface area contributed by atoms with E-state index in [1.807, 2.05) is 17.5 Å². The molecule has 21 heavy (non-hydrogen) atoms. The summed E-state index contributed by atoms with van der Waals surface area (Å²) in [4.78, 5) is 13.0. The number of benzene rings is 1. The Morgan fingerprint density at radius 1 is 1.29 bits per heavy atom. The Hall–Kier alpha value is -1.13. The van der Waals surface area contributed by atoms with Crippen LogP contribution in [-0.2, 0) is 5.41 Å². The molecule has 1 aromatic carbocycles. The van der Waals surface area contributed by atoms with E-state index in [4.69, 9.17) is 0 Å². The topological polar surface area (TPSA) is 29.1 Å². The first kappa shape index (κ1) is 16.2. The molecule has 0 aliphatic carbocycles. The zero-order valence-electron chi connectivity index (χ0n) is 12.5. The molecular weight excluding hydrogens is 346 g/mol. The minimum absolute atomic E-state index is 0.00626. The van der Waals surface area contributed by atoms with Crippen LogP contribution in [0.4, 0.5) is 0 Å². The van der Waals surface area contributed by atoms with Crippen molar-refractivity contribution in [1.82, 2.24) is 5.32 Å². The van der Waals surface area contributed by atoms with Gasteiger partial charge in [-0.15, -0.1) is 11.3 Å². The minimum Gasteiger partial charge on any atom is -0.349 e. The lowest BCUT2D eigenvalue weighted by Crippen LogP contribution is -2.37. The van der Waals surface area contributed by atoms with Gasteiger partial charge in [0.2, 0.25) is 0 Å². The monoisotopic (exact) mass is 365 g/mol. The number of hydrogen-bond acceptors (Lipinski definition) is 2. The van der Waals surface area contributed by atoms with Crippen LogP contribution in [-0.4, -0.2) is 11.9 Å². The van der Waals surface area contributed by atoms with E-state index < -0.39 is 0 Å². The molecule has 2 nitrogen and oxygen atoms in total. The van der Waals surface area contributed by atoms with E-state index >= 15 is 0 Å². The van der Waals surface area contributed by atoms with Gasteiger partial charge in [0, 0.05) is 10.5 Å². The summed E-state index contributed by atoms with van der Waals surface area (Å²) >= 11 is 4.86. The summed E-state index contributed by atoms with van der Waals surface area (Å²) in [5.74, 6) is -0.00626. The van der Waals surface area contributed by atoms with Crippen LogP contribution in [0.2, 0.25) is 0 Å². The van der Waals surface area contributed by atoms with Crippen molar-refractivity contribution in [1.29, 1.82) is 0 Å². The van der Waals surface area contributed by atoms with Gasteiger partial charge < -0.3 is 5.32 Å². The van der Waals surface area contributed by atoms with E-state index in [2.05, 4.69) is 66.3 Å². The highest BCUT2D eigenvalue weighted by Gasteiger charge is 2.24. The molecule has 0 saturated heterocycles. The molecule has 0 aliphatic heterocycles. The number of carbonyl (C=O) groups is 1. The van der Waals surface area contributed by atoms with E-state index in [0.717, 1.165) is 15.8 Å². The molecule has 1 amide bonds. The number of nitrogens with one attached hydrogen (secondary N) is 1. The lowest BCUT2D eigenvalue weighted by Gasteiger charge is -2.29. The molecule has 2 aromatic rings. The number of carbonyl (C=O) groups excluding carboxylic acids is 1. The Bertz CT molecular complexity index is 606. The van der Waals surface area contributed by atoms with Gasteiger partial charge in [0.15, 0.2) is 0 Å². The number of thiophene rings is 1. The summed E-state index contributed by atoms with van der Waals surface area (Å²) in [5.41, 5.74) is 1.32. The molecule has 1 unspecified atom stereocenters. The zero-order chi connectivity index (χ0) is 15.5. The van der Waals surface area contributed by atoms with E-state index in [1.165, 1.54) is 16.9 Å². The van der Waals surface area contributed by atoms with Crippen molar-refractivity contribution in [2.45, 2.75) is 38.6 Å². The summed E-state index contributed by atoms with van der Waals surface area (Å²) in [6.45, 7) is 6.49. The first-order valence-electron chi connectivity index (χ1n) is 6.99. The summed E-state index contributed by atoms with van der Waals surface area (Å²) < 4.78 is 0.861. The molecule has 0 radical (unpaired) electrons. The summed E-state index contributed by atoms with van der Waals surface area (Å²) in [6.07, 6.45) is 0.895. The van der Waals surface area contributed by atoms with Crippen LogP contribution in [0.1, 0.15) is 42.4 Å². The van der Waals surface area contributed by atoms with Gasteiger partial charge in [-0.1, -0.05) is 44.2 Å². The first-order valence-corrected chi connectivity index (χ1v) is 8.67. The van der Waals surface area contributed by atoms with Gasteiger partial charge >= 0.3 is 0 Å². The fraction of sp³-hybridized carbons (Fsp3) is 0.353. The van der Waals surface area contributed by atoms with E-state index in [0.29, 0.717) is 0 Å². The van der Waals surface area contributed by atoms with Gasteiger partial charge in [-0.3, -0.25) is 4.79 Å². The normalized spacial score (nSPS) is 13.0. The van der Waals surface area contributed by atoms with Crippen LogP contribution in [0.25, 0.3) is 0 Å². The maximum atomic E-state index is 12.2. The molecule has 1 heterocycles. The molecule has 0 saturated carbocycles. The SMILES string of the molecule is CC(CC(C)(C)c1ccccc1)NC(=O)c1sccc1Br. The van der Waals surface area contributed by atoms with E-state index in [9.17, 15) is 4.79 Å². The molecule has 1 atom stereocenters. The standard InChI is InChI=1S/C17H20BrNOS/c1-12(19-16(20)15-14(18)9-10-21-15)11-17(2,3)13-7-5-4-6-8-13/h4-10,12H,11H2,1-3H3,(H,19,20). The van der Waals surface area contributed by atoms with Crippen molar-refractivity contribution in [3.63, 3.8) is 0 Å². The lowest BCUT2D eigenvalue weighted by atomic mass is 9.79. The Labute approximate surface area is 138 Å². The second-order valence-corrected chi connectivity index (χ2v) is 7.70. The zero-order valence-corrected chi connectivity index (χ0v) is 14.9. The smallest absolute Gasteiger partial charge is 0.262 e. The maximum absolute atomic E-state index is 12.2. The van der Waals surface area contributed by atoms with E-state index in [-0.39, 0.29) is 17.4 Å². The van der Waals surface area contributed by atoms with Gasteiger partial charge in [0.1, 0.15) is 4.88 Å². The summed E-state index contributed by atoms with van der Waals surface area (Å²) in [7, 11) is 0. The average Bonchev–Trinajstić information content (AvgIpc) is 2.85. The largest absolute Gasteiger partial charge is 0.349 e. The van der Waals surface area contributed by atoms with Crippen LogP contribution in [0.3, 0.4) is 0 Å². The van der Waals surface area contributed by atoms with E-state index in [1.54, 1.807) is 0 Å². The van der Waals surface area contributed by atoms with Crippen LogP contribution >= 0.6 is 27.3 Å². The molecule has 0 spiro atoms. The van der Waals surface area contributed by atoms with Gasteiger partial charge in [0.25, 0.3) is 5.91 Å².